The number of carbonyl (C=O) groups is 1. The molecule has 0 radical (unpaired) electrons. The Morgan fingerprint density at radius 1 is 1.57 bits per heavy atom. The average Bonchev–Trinajstić information content (AvgIpc) is 2.14. The first-order valence-electron chi connectivity index (χ1n) is 5.25. The molecular weight excluding hydrogens is 180 g/mol. The molecule has 82 valence electrons. The number of hydrogen-bond donors (Lipinski definition) is 2. The van der Waals surface area contributed by atoms with E-state index in [1.54, 1.807) is 7.05 Å². The summed E-state index contributed by atoms with van der Waals surface area (Å²) >= 11 is 0. The van der Waals surface area contributed by atoms with Crippen LogP contribution in [-0.2, 0) is 4.79 Å². The Bertz CT molecular complexity index is 200. The molecule has 1 rings (SSSR count). The number of β-amino-alcohol motifs (C(OH)–C–C–N with tert-alkyl or cyclic N) is 1. The van der Waals surface area contributed by atoms with Crippen LogP contribution in [0, 0.1) is 0 Å². The van der Waals surface area contributed by atoms with Gasteiger partial charge in [0.15, 0.2) is 0 Å². The molecule has 4 heteroatoms. The SMILES string of the molecule is CCC1(O)CN(CCCC(=O)NC)C1. The van der Waals surface area contributed by atoms with Crippen LogP contribution in [0.25, 0.3) is 0 Å². The van der Waals surface area contributed by atoms with Crippen molar-refractivity contribution in [1.29, 1.82) is 0 Å². The maximum atomic E-state index is 10.9. The van der Waals surface area contributed by atoms with Crippen LogP contribution in [0.5, 0.6) is 0 Å². The standard InChI is InChI=1S/C10H20N2O2/c1-3-10(14)7-12(8-10)6-4-5-9(13)11-2/h14H,3-8H2,1-2H3,(H,11,13). The first kappa shape index (κ1) is 11.5. The average molecular weight is 200 g/mol. The van der Waals surface area contributed by atoms with Crippen molar-refractivity contribution in [1.82, 2.24) is 10.2 Å². The Kier molecular flexibility index (Phi) is 3.89. The van der Waals surface area contributed by atoms with Gasteiger partial charge in [-0.2, -0.15) is 0 Å². The Balaban J connectivity index is 2.04. The van der Waals surface area contributed by atoms with E-state index in [9.17, 15) is 9.90 Å². The van der Waals surface area contributed by atoms with Gasteiger partial charge in [0.05, 0.1) is 5.60 Å². The molecule has 0 saturated carbocycles. The molecule has 0 aromatic rings. The molecule has 0 aromatic heterocycles. The molecule has 0 atom stereocenters. The minimum absolute atomic E-state index is 0.0938. The summed E-state index contributed by atoms with van der Waals surface area (Å²) in [5.74, 6) is 0.0938. The summed E-state index contributed by atoms with van der Waals surface area (Å²) in [6.45, 7) is 4.44. The Morgan fingerprint density at radius 3 is 2.71 bits per heavy atom. The number of aliphatic hydroxyl groups is 1. The van der Waals surface area contributed by atoms with Gasteiger partial charge in [-0.3, -0.25) is 9.69 Å². The van der Waals surface area contributed by atoms with Crippen molar-refractivity contribution in [3.63, 3.8) is 0 Å². The molecule has 0 spiro atoms. The number of amides is 1. The second-order valence-corrected chi connectivity index (χ2v) is 4.07. The van der Waals surface area contributed by atoms with Gasteiger partial charge in [-0.25, -0.2) is 0 Å². The van der Waals surface area contributed by atoms with Gasteiger partial charge < -0.3 is 10.4 Å². The van der Waals surface area contributed by atoms with E-state index in [0.717, 1.165) is 32.5 Å². The number of nitrogens with one attached hydrogen (secondary N) is 1. The third-order valence-electron chi connectivity index (χ3n) is 2.85. The molecule has 1 aliphatic heterocycles. The molecule has 2 N–H and O–H groups in total. The van der Waals surface area contributed by atoms with Gasteiger partial charge in [-0.15, -0.1) is 0 Å². The highest BCUT2D eigenvalue weighted by Crippen LogP contribution is 2.23. The predicted octanol–water partition coefficient (Wildman–Crippen LogP) is -0.0307. The van der Waals surface area contributed by atoms with Crippen molar-refractivity contribution in [2.24, 2.45) is 0 Å². The molecule has 4 nitrogen and oxygen atoms in total. The van der Waals surface area contributed by atoms with Gasteiger partial charge in [-0.05, 0) is 19.4 Å². The van der Waals surface area contributed by atoms with Crippen molar-refractivity contribution < 1.29 is 9.90 Å². The van der Waals surface area contributed by atoms with E-state index < -0.39 is 5.60 Å². The van der Waals surface area contributed by atoms with Gasteiger partial charge in [-0.1, -0.05) is 6.92 Å². The van der Waals surface area contributed by atoms with Gasteiger partial charge >= 0.3 is 0 Å². The molecule has 0 aromatic carbocycles. The van der Waals surface area contributed by atoms with E-state index >= 15 is 0 Å². The highest BCUT2D eigenvalue weighted by molar-refractivity contribution is 5.75. The van der Waals surface area contributed by atoms with Crippen LogP contribution in [0.2, 0.25) is 0 Å². The van der Waals surface area contributed by atoms with Crippen LogP contribution in [-0.4, -0.2) is 48.2 Å². The van der Waals surface area contributed by atoms with Gasteiger partial charge in [0, 0.05) is 26.6 Å². The molecule has 1 heterocycles. The van der Waals surface area contributed by atoms with E-state index in [1.807, 2.05) is 6.92 Å². The molecule has 0 aliphatic carbocycles. The lowest BCUT2D eigenvalue weighted by molar-refractivity contribution is -0.121. The first-order chi connectivity index (χ1) is 6.59. The van der Waals surface area contributed by atoms with E-state index in [-0.39, 0.29) is 5.91 Å². The van der Waals surface area contributed by atoms with Crippen LogP contribution in [0.15, 0.2) is 0 Å². The maximum Gasteiger partial charge on any atom is 0.219 e. The van der Waals surface area contributed by atoms with Crippen LogP contribution >= 0.6 is 0 Å². The molecule has 1 aliphatic rings. The number of carbonyl (C=O) groups excluding carboxylic acids is 1. The lowest BCUT2D eigenvalue weighted by atomic mass is 9.91. The van der Waals surface area contributed by atoms with Crippen molar-refractivity contribution in [3.8, 4) is 0 Å². The van der Waals surface area contributed by atoms with E-state index in [2.05, 4.69) is 10.2 Å². The molecular formula is C10H20N2O2. The summed E-state index contributed by atoms with van der Waals surface area (Å²) in [7, 11) is 1.65. The third-order valence-corrected chi connectivity index (χ3v) is 2.85. The number of likely N-dealkylation sites (tertiary alicyclic amines) is 1. The Morgan fingerprint density at radius 2 is 2.21 bits per heavy atom. The summed E-state index contributed by atoms with van der Waals surface area (Å²) in [4.78, 5) is 13.1. The van der Waals surface area contributed by atoms with Crippen molar-refractivity contribution in [2.45, 2.75) is 31.8 Å². The third kappa shape index (κ3) is 2.96. The van der Waals surface area contributed by atoms with Crippen LogP contribution in [0.4, 0.5) is 0 Å². The first-order valence-corrected chi connectivity index (χ1v) is 5.25. The molecule has 14 heavy (non-hydrogen) atoms. The fraction of sp³-hybridized carbons (Fsp3) is 0.900. The second kappa shape index (κ2) is 4.75. The molecule has 0 unspecified atom stereocenters. The largest absolute Gasteiger partial charge is 0.387 e. The zero-order valence-electron chi connectivity index (χ0n) is 9.05. The number of rotatable bonds is 5. The van der Waals surface area contributed by atoms with Crippen molar-refractivity contribution >= 4 is 5.91 Å². The fourth-order valence-corrected chi connectivity index (χ4v) is 1.76. The zero-order valence-corrected chi connectivity index (χ0v) is 9.05. The second-order valence-electron chi connectivity index (χ2n) is 4.07. The predicted molar refractivity (Wildman–Crippen MR) is 55.0 cm³/mol. The minimum Gasteiger partial charge on any atom is -0.387 e. The molecule has 0 bridgehead atoms. The summed E-state index contributed by atoms with van der Waals surface area (Å²) in [5.41, 5.74) is -0.451. The molecule has 1 fully saturated rings. The van der Waals surface area contributed by atoms with Crippen LogP contribution < -0.4 is 5.32 Å². The number of hydrogen-bond acceptors (Lipinski definition) is 3. The summed E-state index contributed by atoms with van der Waals surface area (Å²) in [6, 6.07) is 0. The highest BCUT2D eigenvalue weighted by atomic mass is 16.3. The van der Waals surface area contributed by atoms with E-state index in [4.69, 9.17) is 0 Å². The summed E-state index contributed by atoms with van der Waals surface area (Å²) in [5, 5.41) is 12.3. The number of nitrogens with zero attached hydrogens (tertiary/aromatic N) is 1. The smallest absolute Gasteiger partial charge is 0.219 e. The maximum absolute atomic E-state index is 10.9. The lowest BCUT2D eigenvalue weighted by Gasteiger charge is -2.46. The van der Waals surface area contributed by atoms with E-state index in [1.165, 1.54) is 0 Å². The monoisotopic (exact) mass is 200 g/mol. The van der Waals surface area contributed by atoms with Gasteiger partial charge in [0.1, 0.15) is 0 Å². The van der Waals surface area contributed by atoms with Crippen LogP contribution in [0.1, 0.15) is 26.2 Å². The summed E-state index contributed by atoms with van der Waals surface area (Å²) in [6.07, 6.45) is 2.27. The zero-order chi connectivity index (χ0) is 10.6. The van der Waals surface area contributed by atoms with Gasteiger partial charge in [0.25, 0.3) is 0 Å². The summed E-state index contributed by atoms with van der Waals surface area (Å²) < 4.78 is 0. The quantitative estimate of drug-likeness (QED) is 0.655. The van der Waals surface area contributed by atoms with Crippen molar-refractivity contribution in [3.05, 3.63) is 0 Å². The highest BCUT2D eigenvalue weighted by Gasteiger charge is 2.38. The van der Waals surface area contributed by atoms with Crippen LogP contribution in [0.3, 0.4) is 0 Å². The van der Waals surface area contributed by atoms with E-state index in [0.29, 0.717) is 6.42 Å². The topological polar surface area (TPSA) is 52.6 Å². The Hall–Kier alpha value is -0.610. The lowest BCUT2D eigenvalue weighted by Crippen LogP contribution is -2.61. The van der Waals surface area contributed by atoms with Crippen molar-refractivity contribution in [2.75, 3.05) is 26.7 Å². The molecule has 1 saturated heterocycles. The normalized spacial score (nSPS) is 20.2. The minimum atomic E-state index is -0.451. The fourth-order valence-electron chi connectivity index (χ4n) is 1.76. The Labute approximate surface area is 85.3 Å². The molecule has 1 amide bonds. The van der Waals surface area contributed by atoms with Gasteiger partial charge in [0.2, 0.25) is 5.91 Å².